The van der Waals surface area contributed by atoms with Gasteiger partial charge in [-0.25, -0.2) is 0 Å². The van der Waals surface area contributed by atoms with Crippen LogP contribution in [0.3, 0.4) is 0 Å². The Kier molecular flexibility index (Phi) is 8.23. The molecule has 3 nitrogen and oxygen atoms in total. The first-order valence-electron chi connectivity index (χ1n) is 6.80. The Hall–Kier alpha value is -0.640. The van der Waals surface area contributed by atoms with Crippen LogP contribution in [0.1, 0.15) is 41.5 Å². The third-order valence-electron chi connectivity index (χ3n) is 2.34. The summed E-state index contributed by atoms with van der Waals surface area (Å²) in [7, 11) is 0. The first kappa shape index (κ1) is 18.4. The minimum atomic E-state index is -0.349. The molecule has 0 bridgehead atoms. The fourth-order valence-corrected chi connectivity index (χ4v) is 1.30. The second-order valence-corrected chi connectivity index (χ2v) is 6.20. The molecule has 112 valence electrons. The van der Waals surface area contributed by atoms with E-state index in [-0.39, 0.29) is 17.8 Å². The summed E-state index contributed by atoms with van der Waals surface area (Å²) < 4.78 is 17.3. The highest BCUT2D eigenvalue weighted by Crippen LogP contribution is 2.16. The third kappa shape index (κ3) is 9.88. The number of rotatable bonds is 10. The average molecular weight is 270 g/mol. The van der Waals surface area contributed by atoms with Gasteiger partial charge in [0.15, 0.2) is 6.29 Å². The van der Waals surface area contributed by atoms with Crippen molar-refractivity contribution in [3.05, 3.63) is 24.3 Å². The zero-order chi connectivity index (χ0) is 15.1. The van der Waals surface area contributed by atoms with E-state index in [1.165, 1.54) is 0 Å². The average Bonchev–Trinajstić information content (AvgIpc) is 2.25. The van der Waals surface area contributed by atoms with E-state index in [9.17, 15) is 0 Å². The number of hydrogen-bond acceptors (Lipinski definition) is 3. The van der Waals surface area contributed by atoms with Gasteiger partial charge in [-0.05, 0) is 27.7 Å². The molecule has 0 fully saturated rings. The first-order valence-corrected chi connectivity index (χ1v) is 6.80. The highest BCUT2D eigenvalue weighted by Gasteiger charge is 2.23. The summed E-state index contributed by atoms with van der Waals surface area (Å²) in [6.45, 7) is 21.3. The van der Waals surface area contributed by atoms with E-state index in [4.69, 9.17) is 14.2 Å². The van der Waals surface area contributed by atoms with E-state index in [0.717, 1.165) is 11.1 Å². The van der Waals surface area contributed by atoms with Crippen LogP contribution in [-0.4, -0.2) is 31.7 Å². The molecule has 0 spiro atoms. The van der Waals surface area contributed by atoms with Gasteiger partial charge in [-0.3, -0.25) is 0 Å². The summed E-state index contributed by atoms with van der Waals surface area (Å²) >= 11 is 0. The topological polar surface area (TPSA) is 27.7 Å². The lowest BCUT2D eigenvalue weighted by Gasteiger charge is -2.29. The maximum Gasteiger partial charge on any atom is 0.160 e. The lowest BCUT2D eigenvalue weighted by molar-refractivity contribution is -0.192. The van der Waals surface area contributed by atoms with Crippen molar-refractivity contribution >= 4 is 0 Å². The maximum absolute atomic E-state index is 5.83. The van der Waals surface area contributed by atoms with Crippen LogP contribution in [0.25, 0.3) is 0 Å². The molecule has 0 heterocycles. The van der Waals surface area contributed by atoms with Crippen LogP contribution in [0, 0.1) is 5.92 Å². The molecule has 19 heavy (non-hydrogen) atoms. The van der Waals surface area contributed by atoms with Crippen molar-refractivity contribution in [2.75, 3.05) is 19.8 Å². The van der Waals surface area contributed by atoms with Crippen molar-refractivity contribution in [3.8, 4) is 0 Å². The van der Waals surface area contributed by atoms with Gasteiger partial charge in [-0.1, -0.05) is 38.2 Å². The van der Waals surface area contributed by atoms with Crippen LogP contribution in [0.2, 0.25) is 0 Å². The summed E-state index contributed by atoms with van der Waals surface area (Å²) in [6.07, 6.45) is -0.232. The molecule has 0 aliphatic rings. The molecule has 0 amide bonds. The SMILES string of the molecule is C=C(C)COC(OCC(C)(C)OCC(=C)C)C(C)C. The predicted octanol–water partition coefficient (Wildman–Crippen LogP) is 3.95. The van der Waals surface area contributed by atoms with Crippen LogP contribution in [0.4, 0.5) is 0 Å². The Morgan fingerprint density at radius 3 is 1.95 bits per heavy atom. The molecule has 0 aromatic rings. The smallest absolute Gasteiger partial charge is 0.160 e. The molecule has 0 aliphatic heterocycles. The van der Waals surface area contributed by atoms with E-state index >= 15 is 0 Å². The third-order valence-corrected chi connectivity index (χ3v) is 2.34. The van der Waals surface area contributed by atoms with Crippen molar-refractivity contribution in [2.24, 2.45) is 5.92 Å². The maximum atomic E-state index is 5.83. The van der Waals surface area contributed by atoms with E-state index in [2.05, 4.69) is 27.0 Å². The normalized spacial score (nSPS) is 13.6. The lowest BCUT2D eigenvalue weighted by Crippen LogP contribution is -2.36. The van der Waals surface area contributed by atoms with Crippen molar-refractivity contribution < 1.29 is 14.2 Å². The fourth-order valence-electron chi connectivity index (χ4n) is 1.30. The highest BCUT2D eigenvalue weighted by atomic mass is 16.7. The van der Waals surface area contributed by atoms with Crippen LogP contribution in [-0.2, 0) is 14.2 Å². The summed E-state index contributed by atoms with van der Waals surface area (Å²) in [5.41, 5.74) is 1.65. The van der Waals surface area contributed by atoms with Crippen LogP contribution in [0.15, 0.2) is 24.3 Å². The Morgan fingerprint density at radius 2 is 1.53 bits per heavy atom. The summed E-state index contributed by atoms with van der Waals surface area (Å²) in [4.78, 5) is 0. The van der Waals surface area contributed by atoms with Gasteiger partial charge < -0.3 is 14.2 Å². The van der Waals surface area contributed by atoms with Gasteiger partial charge >= 0.3 is 0 Å². The van der Waals surface area contributed by atoms with E-state index < -0.39 is 0 Å². The van der Waals surface area contributed by atoms with Gasteiger partial charge in [0.25, 0.3) is 0 Å². The van der Waals surface area contributed by atoms with E-state index in [1.807, 2.05) is 27.7 Å². The molecule has 0 aromatic heterocycles. The zero-order valence-corrected chi connectivity index (χ0v) is 13.4. The Bertz CT molecular complexity index is 292. The first-order chi connectivity index (χ1) is 8.64. The fraction of sp³-hybridized carbons (Fsp3) is 0.750. The largest absolute Gasteiger partial charge is 0.369 e. The molecule has 0 saturated carbocycles. The van der Waals surface area contributed by atoms with Crippen LogP contribution < -0.4 is 0 Å². The van der Waals surface area contributed by atoms with Gasteiger partial charge in [-0.2, -0.15) is 0 Å². The lowest BCUT2D eigenvalue weighted by atomic mass is 10.1. The Morgan fingerprint density at radius 1 is 1.00 bits per heavy atom. The molecule has 0 N–H and O–H groups in total. The number of ether oxygens (including phenoxy) is 3. The van der Waals surface area contributed by atoms with Crippen LogP contribution >= 0.6 is 0 Å². The van der Waals surface area contributed by atoms with Gasteiger partial charge in [-0.15, -0.1) is 0 Å². The molecule has 0 aliphatic carbocycles. The zero-order valence-electron chi connectivity index (χ0n) is 13.4. The monoisotopic (exact) mass is 270 g/mol. The van der Waals surface area contributed by atoms with Crippen molar-refractivity contribution in [3.63, 3.8) is 0 Å². The van der Waals surface area contributed by atoms with Gasteiger partial charge in [0, 0.05) is 5.92 Å². The standard InChI is InChI=1S/C16H30O3/c1-12(2)9-17-15(14(5)6)18-11-16(7,8)19-10-13(3)4/h14-15H,1,3,9-11H2,2,4-8H3. The quantitative estimate of drug-likeness (QED) is 0.444. The Labute approximate surface area is 118 Å². The molecule has 0 radical (unpaired) electrons. The minimum absolute atomic E-state index is 0.232. The van der Waals surface area contributed by atoms with Gasteiger partial charge in [0.05, 0.1) is 25.4 Å². The van der Waals surface area contributed by atoms with E-state index in [1.54, 1.807) is 0 Å². The molecule has 1 atom stereocenters. The Balaban J connectivity index is 4.21. The van der Waals surface area contributed by atoms with Gasteiger partial charge in [0.2, 0.25) is 0 Å². The molecular formula is C16H30O3. The van der Waals surface area contributed by atoms with Crippen molar-refractivity contribution in [2.45, 2.75) is 53.4 Å². The molecule has 0 saturated heterocycles. The summed E-state index contributed by atoms with van der Waals surface area (Å²) in [6, 6.07) is 0. The predicted molar refractivity (Wildman–Crippen MR) is 80.2 cm³/mol. The minimum Gasteiger partial charge on any atom is -0.369 e. The molecule has 3 heteroatoms. The molecule has 0 rings (SSSR count). The van der Waals surface area contributed by atoms with Gasteiger partial charge in [0.1, 0.15) is 0 Å². The van der Waals surface area contributed by atoms with Crippen molar-refractivity contribution in [1.82, 2.24) is 0 Å². The van der Waals surface area contributed by atoms with E-state index in [0.29, 0.717) is 19.8 Å². The summed E-state index contributed by atoms with van der Waals surface area (Å²) in [5, 5.41) is 0. The number of hydrogen-bond donors (Lipinski definition) is 0. The van der Waals surface area contributed by atoms with Crippen LogP contribution in [0.5, 0.6) is 0 Å². The highest BCUT2D eigenvalue weighted by molar-refractivity contribution is 4.89. The molecule has 0 aromatic carbocycles. The van der Waals surface area contributed by atoms with Crippen molar-refractivity contribution in [1.29, 1.82) is 0 Å². The molecule has 1 unspecified atom stereocenters. The molecular weight excluding hydrogens is 240 g/mol. The summed E-state index contributed by atoms with van der Waals surface area (Å²) in [5.74, 6) is 0.288. The second-order valence-electron chi connectivity index (χ2n) is 6.20. The second kappa shape index (κ2) is 8.51.